The van der Waals surface area contributed by atoms with Gasteiger partial charge in [-0.05, 0) is 25.0 Å². The zero-order valence-corrected chi connectivity index (χ0v) is 17.5. The van der Waals surface area contributed by atoms with Gasteiger partial charge in [-0.15, -0.1) is 11.3 Å². The predicted molar refractivity (Wildman–Crippen MR) is 113 cm³/mol. The number of aliphatic imine (C=N–C) groups is 1. The number of aromatic nitrogens is 1. The Hall–Kier alpha value is -1.80. The second-order valence-electron chi connectivity index (χ2n) is 7.48. The van der Waals surface area contributed by atoms with Crippen LogP contribution < -0.4 is 0 Å². The SMILES string of the molecule is C=C(CSF)N1CCC(c2nc(C3=NCC(c4c(F)cccc4F)C3)cs2)CC1. The number of likely N-dealkylation sites (tertiary alicyclic amines) is 1. The molecule has 8 heteroatoms. The first-order valence-electron chi connectivity index (χ1n) is 9.66. The minimum atomic E-state index is -0.509. The molecule has 0 amide bonds. The van der Waals surface area contributed by atoms with Crippen LogP contribution in [0.2, 0.25) is 0 Å². The molecule has 1 fully saturated rings. The summed E-state index contributed by atoms with van der Waals surface area (Å²) in [4.78, 5) is 11.5. The van der Waals surface area contributed by atoms with Crippen LogP contribution >= 0.6 is 23.5 Å². The van der Waals surface area contributed by atoms with E-state index in [1.807, 2.05) is 5.38 Å². The van der Waals surface area contributed by atoms with Crippen LogP contribution in [0.4, 0.5) is 12.7 Å². The van der Waals surface area contributed by atoms with Gasteiger partial charge in [-0.3, -0.25) is 4.99 Å². The van der Waals surface area contributed by atoms with E-state index in [4.69, 9.17) is 4.98 Å². The van der Waals surface area contributed by atoms with Crippen LogP contribution in [-0.2, 0) is 0 Å². The average molecular weight is 438 g/mol. The lowest BCUT2D eigenvalue weighted by molar-refractivity contribution is 0.265. The number of nitrogens with zero attached hydrogens (tertiary/aromatic N) is 3. The molecule has 4 rings (SSSR count). The van der Waals surface area contributed by atoms with Gasteiger partial charge in [0.15, 0.2) is 0 Å². The Kier molecular flexibility index (Phi) is 6.29. The molecule has 0 spiro atoms. The molecule has 1 unspecified atom stereocenters. The van der Waals surface area contributed by atoms with Gasteiger partial charge >= 0.3 is 0 Å². The summed E-state index contributed by atoms with van der Waals surface area (Å²) >= 11 is 1.93. The molecule has 0 radical (unpaired) electrons. The molecule has 1 aromatic carbocycles. The quantitative estimate of drug-likeness (QED) is 0.580. The third kappa shape index (κ3) is 4.38. The first-order valence-corrected chi connectivity index (χ1v) is 11.4. The van der Waals surface area contributed by atoms with Gasteiger partial charge in [0.1, 0.15) is 11.6 Å². The summed E-state index contributed by atoms with van der Waals surface area (Å²) in [6.45, 7) is 6.04. The minimum absolute atomic E-state index is 0.126. The highest BCUT2D eigenvalue weighted by Gasteiger charge is 2.29. The maximum absolute atomic E-state index is 14.1. The van der Waals surface area contributed by atoms with E-state index in [0.717, 1.165) is 48.0 Å². The average Bonchev–Trinajstić information content (AvgIpc) is 3.38. The zero-order valence-electron chi connectivity index (χ0n) is 15.9. The van der Waals surface area contributed by atoms with E-state index in [1.54, 1.807) is 11.3 Å². The van der Waals surface area contributed by atoms with Gasteiger partial charge in [-0.25, -0.2) is 13.8 Å². The monoisotopic (exact) mass is 437 g/mol. The summed E-state index contributed by atoms with van der Waals surface area (Å²) in [5, 5.41) is 3.08. The minimum Gasteiger partial charge on any atom is -0.375 e. The molecule has 0 bridgehead atoms. The molecular formula is C21H22F3N3S2. The maximum atomic E-state index is 14.1. The van der Waals surface area contributed by atoms with E-state index in [9.17, 15) is 12.7 Å². The van der Waals surface area contributed by atoms with E-state index in [2.05, 4.69) is 16.5 Å². The van der Waals surface area contributed by atoms with Crippen LogP contribution in [0, 0.1) is 11.6 Å². The van der Waals surface area contributed by atoms with Crippen molar-refractivity contribution < 1.29 is 12.7 Å². The summed E-state index contributed by atoms with van der Waals surface area (Å²) in [7, 11) is 0. The molecule has 1 aromatic heterocycles. The van der Waals surface area contributed by atoms with Gasteiger partial charge in [-0.2, -0.15) is 3.89 Å². The molecule has 3 nitrogen and oxygen atoms in total. The number of hydrogen-bond donors (Lipinski definition) is 0. The van der Waals surface area contributed by atoms with Gasteiger partial charge in [0.05, 0.1) is 34.3 Å². The van der Waals surface area contributed by atoms with E-state index >= 15 is 0 Å². The van der Waals surface area contributed by atoms with Crippen LogP contribution in [0.25, 0.3) is 0 Å². The van der Waals surface area contributed by atoms with Crippen molar-refractivity contribution in [2.75, 3.05) is 25.4 Å². The van der Waals surface area contributed by atoms with Gasteiger partial charge < -0.3 is 4.90 Å². The number of thiazole rings is 1. The molecule has 2 aliphatic rings. The predicted octanol–water partition coefficient (Wildman–Crippen LogP) is 5.71. The molecule has 2 aromatic rings. The van der Waals surface area contributed by atoms with Gasteiger partial charge in [0.25, 0.3) is 0 Å². The van der Waals surface area contributed by atoms with Crippen LogP contribution in [0.3, 0.4) is 0 Å². The Morgan fingerprint density at radius 3 is 2.62 bits per heavy atom. The molecule has 154 valence electrons. The van der Waals surface area contributed by atoms with Crippen LogP contribution in [0.15, 0.2) is 40.8 Å². The fraction of sp³-hybridized carbons (Fsp3) is 0.429. The number of halogens is 3. The fourth-order valence-corrected chi connectivity index (χ4v) is 5.38. The van der Waals surface area contributed by atoms with E-state index < -0.39 is 11.6 Å². The van der Waals surface area contributed by atoms with Crippen molar-refractivity contribution in [2.24, 2.45) is 4.99 Å². The molecular weight excluding hydrogens is 415 g/mol. The number of piperidine rings is 1. The summed E-state index contributed by atoms with van der Waals surface area (Å²) in [6.07, 6.45) is 2.41. The third-order valence-corrected chi connectivity index (χ3v) is 7.13. The van der Waals surface area contributed by atoms with Gasteiger partial charge in [-0.1, -0.05) is 12.6 Å². The highest BCUT2D eigenvalue weighted by molar-refractivity contribution is 7.94. The Bertz CT molecular complexity index is 899. The van der Waals surface area contributed by atoms with E-state index in [-0.39, 0.29) is 11.5 Å². The fourth-order valence-electron chi connectivity index (χ4n) is 4.07. The van der Waals surface area contributed by atoms with Crippen LogP contribution in [0.5, 0.6) is 0 Å². The molecule has 0 saturated carbocycles. The second kappa shape index (κ2) is 8.92. The van der Waals surface area contributed by atoms with E-state index in [0.29, 0.717) is 36.8 Å². The standard InChI is InChI=1S/C21H22F3N3S2/c1-13(11-29-24)27-7-5-14(6-8-27)21-26-19(12-28-21)18-9-15(10-25-18)20-16(22)3-2-4-17(20)23/h2-4,12,14-15H,1,5-11H2. The highest BCUT2D eigenvalue weighted by atomic mass is 32.2. The number of rotatable bonds is 6. The van der Waals surface area contributed by atoms with Crippen LogP contribution in [0.1, 0.15) is 47.4 Å². The third-order valence-electron chi connectivity index (χ3n) is 5.68. The Balaban J connectivity index is 1.39. The molecule has 0 N–H and O–H groups in total. The zero-order chi connectivity index (χ0) is 20.4. The van der Waals surface area contributed by atoms with Gasteiger partial charge in [0, 0.05) is 54.5 Å². The van der Waals surface area contributed by atoms with E-state index in [1.165, 1.54) is 18.2 Å². The number of hydrogen-bond acceptors (Lipinski definition) is 5. The smallest absolute Gasteiger partial charge is 0.129 e. The molecule has 0 aliphatic carbocycles. The maximum Gasteiger partial charge on any atom is 0.129 e. The number of benzene rings is 1. The van der Waals surface area contributed by atoms with Crippen molar-refractivity contribution in [1.82, 2.24) is 9.88 Å². The van der Waals surface area contributed by atoms with Crippen molar-refractivity contribution in [1.29, 1.82) is 0 Å². The largest absolute Gasteiger partial charge is 0.375 e. The summed E-state index contributed by atoms with van der Waals surface area (Å²) < 4.78 is 40.6. The highest BCUT2D eigenvalue weighted by Crippen LogP contribution is 2.35. The Morgan fingerprint density at radius 2 is 1.93 bits per heavy atom. The van der Waals surface area contributed by atoms with Crippen molar-refractivity contribution in [3.05, 3.63) is 63.8 Å². The molecule has 2 aliphatic heterocycles. The van der Waals surface area contributed by atoms with Gasteiger partial charge in [0.2, 0.25) is 0 Å². The van der Waals surface area contributed by atoms with Crippen molar-refractivity contribution in [3.8, 4) is 0 Å². The molecule has 3 heterocycles. The second-order valence-corrected chi connectivity index (χ2v) is 8.87. The first-order chi connectivity index (χ1) is 14.1. The van der Waals surface area contributed by atoms with Crippen molar-refractivity contribution in [3.63, 3.8) is 0 Å². The summed E-state index contributed by atoms with van der Waals surface area (Å²) in [6, 6.07) is 3.98. The topological polar surface area (TPSA) is 28.5 Å². The normalized spacial score (nSPS) is 20.2. The molecule has 1 atom stereocenters. The lowest BCUT2D eigenvalue weighted by Gasteiger charge is -2.33. The Morgan fingerprint density at radius 1 is 1.21 bits per heavy atom. The van der Waals surface area contributed by atoms with Crippen molar-refractivity contribution in [2.45, 2.75) is 31.1 Å². The summed E-state index contributed by atoms with van der Waals surface area (Å²) in [5.41, 5.74) is 2.61. The molecule has 1 saturated heterocycles. The first kappa shape index (κ1) is 20.5. The lowest BCUT2D eigenvalue weighted by atomic mass is 9.94. The van der Waals surface area contributed by atoms with Crippen LogP contribution in [-0.4, -0.2) is 41.0 Å². The van der Waals surface area contributed by atoms with Crippen molar-refractivity contribution >= 4 is 29.2 Å². The molecule has 29 heavy (non-hydrogen) atoms. The summed E-state index contributed by atoms with van der Waals surface area (Å²) in [5.74, 6) is -0.609. The Labute approximate surface area is 177 Å². The lowest BCUT2D eigenvalue weighted by Crippen LogP contribution is -2.32.